The maximum Gasteiger partial charge on any atom is 0.234 e. The van der Waals surface area contributed by atoms with Crippen molar-refractivity contribution in [1.82, 2.24) is 20.4 Å². The summed E-state index contributed by atoms with van der Waals surface area (Å²) in [6, 6.07) is 0. The van der Waals surface area contributed by atoms with E-state index in [2.05, 4.69) is 22.1 Å². The molecule has 0 spiro atoms. The molecule has 1 unspecified atom stereocenters. The van der Waals surface area contributed by atoms with Crippen LogP contribution in [0.25, 0.3) is 0 Å². The molecule has 2 aliphatic rings. The summed E-state index contributed by atoms with van der Waals surface area (Å²) in [7, 11) is 0. The van der Waals surface area contributed by atoms with Gasteiger partial charge in [-0.05, 0) is 31.8 Å². The number of hydrogen-bond donors (Lipinski definition) is 2. The normalized spacial score (nSPS) is 22.5. The van der Waals surface area contributed by atoms with Gasteiger partial charge in [0.25, 0.3) is 0 Å². The standard InChI is InChI=1S/C16H28N4O2/c1-2-6-18-15(21)13-19-8-10-20(11-9-19)16(22)4-3-14-5-7-17-12-14/h2,14,17H,1,3-13H2,(H,18,21). The van der Waals surface area contributed by atoms with E-state index in [0.717, 1.165) is 45.7 Å². The number of amides is 2. The fourth-order valence-electron chi connectivity index (χ4n) is 3.05. The number of carbonyl (C=O) groups excluding carboxylic acids is 2. The van der Waals surface area contributed by atoms with E-state index in [0.29, 0.717) is 25.4 Å². The average molecular weight is 308 g/mol. The lowest BCUT2D eigenvalue weighted by Crippen LogP contribution is -2.51. The van der Waals surface area contributed by atoms with Gasteiger partial charge in [0, 0.05) is 39.1 Å². The van der Waals surface area contributed by atoms with Crippen molar-refractivity contribution in [3.05, 3.63) is 12.7 Å². The number of rotatable bonds is 7. The summed E-state index contributed by atoms with van der Waals surface area (Å²) in [6.45, 7) is 9.65. The maximum atomic E-state index is 12.2. The first kappa shape index (κ1) is 17.0. The van der Waals surface area contributed by atoms with Crippen LogP contribution in [0.15, 0.2) is 12.7 Å². The maximum absolute atomic E-state index is 12.2. The van der Waals surface area contributed by atoms with Crippen LogP contribution in [0.3, 0.4) is 0 Å². The molecule has 0 radical (unpaired) electrons. The third-order valence-electron chi connectivity index (χ3n) is 4.46. The number of nitrogens with one attached hydrogen (secondary N) is 2. The molecule has 0 aromatic heterocycles. The van der Waals surface area contributed by atoms with E-state index >= 15 is 0 Å². The highest BCUT2D eigenvalue weighted by Gasteiger charge is 2.23. The zero-order valence-electron chi connectivity index (χ0n) is 13.4. The van der Waals surface area contributed by atoms with Crippen LogP contribution in [0.5, 0.6) is 0 Å². The molecule has 2 aliphatic heterocycles. The second kappa shape index (κ2) is 8.90. The average Bonchev–Trinajstić information content (AvgIpc) is 3.05. The van der Waals surface area contributed by atoms with Gasteiger partial charge in [0.1, 0.15) is 0 Å². The van der Waals surface area contributed by atoms with Crippen LogP contribution in [0, 0.1) is 5.92 Å². The summed E-state index contributed by atoms with van der Waals surface area (Å²) in [5, 5.41) is 6.12. The monoisotopic (exact) mass is 308 g/mol. The van der Waals surface area contributed by atoms with Crippen LogP contribution < -0.4 is 10.6 Å². The van der Waals surface area contributed by atoms with Crippen molar-refractivity contribution in [2.75, 3.05) is 52.4 Å². The number of nitrogens with zero attached hydrogens (tertiary/aromatic N) is 2. The molecule has 6 heteroatoms. The molecule has 0 aliphatic carbocycles. The SMILES string of the molecule is C=CCNC(=O)CN1CCN(C(=O)CCC2CCNC2)CC1. The summed E-state index contributed by atoms with van der Waals surface area (Å²) in [6.07, 6.45) is 4.53. The van der Waals surface area contributed by atoms with Crippen molar-refractivity contribution in [3.8, 4) is 0 Å². The topological polar surface area (TPSA) is 64.7 Å². The van der Waals surface area contributed by atoms with E-state index in [-0.39, 0.29) is 11.8 Å². The Morgan fingerprint density at radius 2 is 2.05 bits per heavy atom. The molecule has 0 aromatic rings. The van der Waals surface area contributed by atoms with Crippen molar-refractivity contribution in [2.45, 2.75) is 19.3 Å². The lowest BCUT2D eigenvalue weighted by Gasteiger charge is -2.34. The molecule has 2 N–H and O–H groups in total. The zero-order valence-corrected chi connectivity index (χ0v) is 13.4. The van der Waals surface area contributed by atoms with Crippen LogP contribution in [-0.2, 0) is 9.59 Å². The first-order valence-electron chi connectivity index (χ1n) is 8.27. The van der Waals surface area contributed by atoms with Gasteiger partial charge < -0.3 is 15.5 Å². The van der Waals surface area contributed by atoms with Gasteiger partial charge in [-0.2, -0.15) is 0 Å². The molecule has 0 aromatic carbocycles. The molecule has 6 nitrogen and oxygen atoms in total. The molecular formula is C16H28N4O2. The molecule has 2 rings (SSSR count). The first-order chi connectivity index (χ1) is 10.7. The Balaban J connectivity index is 1.62. The molecule has 2 fully saturated rings. The molecule has 2 amide bonds. The Kier molecular flexibility index (Phi) is 6.86. The molecule has 22 heavy (non-hydrogen) atoms. The van der Waals surface area contributed by atoms with E-state index in [4.69, 9.17) is 0 Å². The minimum atomic E-state index is 0.0217. The van der Waals surface area contributed by atoms with Gasteiger partial charge in [-0.25, -0.2) is 0 Å². The summed E-state index contributed by atoms with van der Waals surface area (Å²) in [5.74, 6) is 0.954. The van der Waals surface area contributed by atoms with Gasteiger partial charge in [0.15, 0.2) is 0 Å². The second-order valence-electron chi connectivity index (χ2n) is 6.15. The lowest BCUT2D eigenvalue weighted by molar-refractivity contribution is -0.133. The van der Waals surface area contributed by atoms with Crippen molar-refractivity contribution >= 4 is 11.8 Å². The van der Waals surface area contributed by atoms with Gasteiger partial charge >= 0.3 is 0 Å². The summed E-state index contributed by atoms with van der Waals surface area (Å²) in [5.41, 5.74) is 0. The van der Waals surface area contributed by atoms with Gasteiger partial charge in [0.2, 0.25) is 11.8 Å². The third kappa shape index (κ3) is 5.42. The Morgan fingerprint density at radius 1 is 1.27 bits per heavy atom. The fourth-order valence-corrected chi connectivity index (χ4v) is 3.05. The van der Waals surface area contributed by atoms with Crippen LogP contribution in [0.1, 0.15) is 19.3 Å². The number of carbonyl (C=O) groups is 2. The quantitative estimate of drug-likeness (QED) is 0.641. The van der Waals surface area contributed by atoms with E-state index < -0.39 is 0 Å². The summed E-state index contributed by atoms with van der Waals surface area (Å²) >= 11 is 0. The van der Waals surface area contributed by atoms with Gasteiger partial charge in [0.05, 0.1) is 6.54 Å². The predicted octanol–water partition coefficient (Wildman–Crippen LogP) is -0.177. The largest absolute Gasteiger partial charge is 0.352 e. The van der Waals surface area contributed by atoms with Crippen molar-refractivity contribution < 1.29 is 9.59 Å². The van der Waals surface area contributed by atoms with E-state index in [1.54, 1.807) is 6.08 Å². The smallest absolute Gasteiger partial charge is 0.234 e. The fraction of sp³-hybridized carbons (Fsp3) is 0.750. The zero-order chi connectivity index (χ0) is 15.8. The molecule has 1 atom stereocenters. The van der Waals surface area contributed by atoms with Crippen LogP contribution >= 0.6 is 0 Å². The minimum absolute atomic E-state index is 0.0217. The van der Waals surface area contributed by atoms with Gasteiger partial charge in [-0.15, -0.1) is 6.58 Å². The van der Waals surface area contributed by atoms with Crippen LogP contribution in [-0.4, -0.2) is 74.0 Å². The van der Waals surface area contributed by atoms with Crippen molar-refractivity contribution in [2.24, 2.45) is 5.92 Å². The van der Waals surface area contributed by atoms with Gasteiger partial charge in [-0.1, -0.05) is 6.08 Å². The molecule has 0 saturated carbocycles. The molecule has 2 heterocycles. The first-order valence-corrected chi connectivity index (χ1v) is 8.27. The van der Waals surface area contributed by atoms with E-state index in [1.807, 2.05) is 4.90 Å². The van der Waals surface area contributed by atoms with E-state index in [9.17, 15) is 9.59 Å². The predicted molar refractivity (Wildman–Crippen MR) is 86.4 cm³/mol. The second-order valence-corrected chi connectivity index (χ2v) is 6.15. The minimum Gasteiger partial charge on any atom is -0.352 e. The number of hydrogen-bond acceptors (Lipinski definition) is 4. The molecule has 2 saturated heterocycles. The highest BCUT2D eigenvalue weighted by molar-refractivity contribution is 5.78. The Bertz CT molecular complexity index is 386. The van der Waals surface area contributed by atoms with Crippen molar-refractivity contribution in [3.63, 3.8) is 0 Å². The van der Waals surface area contributed by atoms with Crippen molar-refractivity contribution in [1.29, 1.82) is 0 Å². The third-order valence-corrected chi connectivity index (χ3v) is 4.46. The summed E-state index contributed by atoms with van der Waals surface area (Å²) < 4.78 is 0. The van der Waals surface area contributed by atoms with Crippen LogP contribution in [0.2, 0.25) is 0 Å². The van der Waals surface area contributed by atoms with Crippen LogP contribution in [0.4, 0.5) is 0 Å². The Labute approximate surface area is 132 Å². The Morgan fingerprint density at radius 3 is 2.68 bits per heavy atom. The molecular weight excluding hydrogens is 280 g/mol. The van der Waals surface area contributed by atoms with Gasteiger partial charge in [-0.3, -0.25) is 14.5 Å². The lowest BCUT2D eigenvalue weighted by atomic mass is 10.0. The molecule has 0 bridgehead atoms. The van der Waals surface area contributed by atoms with E-state index in [1.165, 1.54) is 6.42 Å². The summed E-state index contributed by atoms with van der Waals surface area (Å²) in [4.78, 5) is 27.9. The Hall–Kier alpha value is -1.40. The highest BCUT2D eigenvalue weighted by atomic mass is 16.2. The number of piperazine rings is 1. The highest BCUT2D eigenvalue weighted by Crippen LogP contribution is 2.15. The molecule has 124 valence electrons.